The zero-order valence-electron chi connectivity index (χ0n) is 17.2. The largest absolute Gasteiger partial charge is 0.497 e. The highest BCUT2D eigenvalue weighted by Gasteiger charge is 2.33. The number of nitro groups is 1. The van der Waals surface area contributed by atoms with Crippen molar-refractivity contribution in [2.24, 2.45) is 5.10 Å². The quantitative estimate of drug-likeness (QED) is 0.439. The van der Waals surface area contributed by atoms with Crippen LogP contribution in [0.5, 0.6) is 5.75 Å². The van der Waals surface area contributed by atoms with E-state index in [1.165, 1.54) is 5.01 Å². The van der Waals surface area contributed by atoms with E-state index in [0.29, 0.717) is 12.2 Å². The van der Waals surface area contributed by atoms with Gasteiger partial charge in [-0.2, -0.15) is 5.10 Å². The summed E-state index contributed by atoms with van der Waals surface area (Å²) in [7, 11) is 1.58. The summed E-state index contributed by atoms with van der Waals surface area (Å²) >= 11 is 0. The summed E-state index contributed by atoms with van der Waals surface area (Å²) in [5, 5.41) is 17.0. The van der Waals surface area contributed by atoms with Crippen molar-refractivity contribution in [2.45, 2.75) is 19.0 Å². The molecular formula is C23H20N4O5. The summed E-state index contributed by atoms with van der Waals surface area (Å²) < 4.78 is 6.25. The first-order valence-corrected chi connectivity index (χ1v) is 9.90. The summed E-state index contributed by atoms with van der Waals surface area (Å²) in [5.74, 6) is 0.247. The normalized spacial score (nSPS) is 15.3. The van der Waals surface area contributed by atoms with E-state index in [9.17, 15) is 19.7 Å². The number of amides is 1. The molecule has 2 aromatic carbocycles. The number of ether oxygens (including phenoxy) is 1. The molecule has 0 radical (unpaired) electrons. The molecule has 0 fully saturated rings. The Labute approximate surface area is 183 Å². The van der Waals surface area contributed by atoms with Crippen LogP contribution in [0.2, 0.25) is 0 Å². The number of hydrogen-bond acceptors (Lipinski definition) is 6. The van der Waals surface area contributed by atoms with Gasteiger partial charge in [-0.3, -0.25) is 24.3 Å². The van der Waals surface area contributed by atoms with E-state index in [2.05, 4.69) is 5.10 Å². The van der Waals surface area contributed by atoms with E-state index in [1.807, 2.05) is 54.6 Å². The van der Waals surface area contributed by atoms with Crippen LogP contribution in [0.15, 0.2) is 82.8 Å². The fraction of sp³-hybridized carbons (Fsp3) is 0.174. The Morgan fingerprint density at radius 2 is 1.84 bits per heavy atom. The SMILES string of the molecule is COc1ccc(C2CC(c3ccccc3)=NN2C(=O)Cn2cc([N+](=O)[O-])ccc2=O)cc1. The van der Waals surface area contributed by atoms with Crippen molar-refractivity contribution in [1.82, 2.24) is 9.58 Å². The maximum atomic E-state index is 13.2. The Morgan fingerprint density at radius 3 is 2.50 bits per heavy atom. The number of rotatable bonds is 6. The monoisotopic (exact) mass is 432 g/mol. The molecule has 1 atom stereocenters. The van der Waals surface area contributed by atoms with Crippen LogP contribution in [0.4, 0.5) is 5.69 Å². The molecule has 1 aromatic heterocycles. The average molecular weight is 432 g/mol. The Hall–Kier alpha value is -4.27. The third-order valence-electron chi connectivity index (χ3n) is 5.26. The van der Waals surface area contributed by atoms with Gasteiger partial charge in [0.05, 0.1) is 30.0 Å². The number of carbonyl (C=O) groups excluding carboxylic acids is 1. The van der Waals surface area contributed by atoms with Gasteiger partial charge in [0.15, 0.2) is 0 Å². The summed E-state index contributed by atoms with van der Waals surface area (Å²) in [6.07, 6.45) is 1.56. The van der Waals surface area contributed by atoms with Gasteiger partial charge < -0.3 is 4.74 Å². The Kier molecular flexibility index (Phi) is 5.80. The molecule has 0 saturated carbocycles. The number of carbonyl (C=O) groups is 1. The topological polar surface area (TPSA) is 107 Å². The Bertz CT molecular complexity index is 1240. The molecular weight excluding hydrogens is 412 g/mol. The standard InChI is InChI=1S/C23H20N4O5/c1-32-19-10-7-17(8-11-19)21-13-20(16-5-3-2-4-6-16)24-26(21)23(29)15-25-14-18(27(30)31)9-12-22(25)28/h2-12,14,21H,13,15H2,1H3. The van der Waals surface area contributed by atoms with Gasteiger partial charge in [0, 0.05) is 18.6 Å². The van der Waals surface area contributed by atoms with E-state index in [0.717, 1.165) is 39.7 Å². The number of benzene rings is 2. The molecule has 2 heterocycles. The molecule has 3 aromatic rings. The fourth-order valence-electron chi connectivity index (χ4n) is 3.60. The van der Waals surface area contributed by atoms with Crippen LogP contribution in [0.25, 0.3) is 0 Å². The summed E-state index contributed by atoms with van der Waals surface area (Å²) in [5.41, 5.74) is 1.73. The van der Waals surface area contributed by atoms with Crippen LogP contribution < -0.4 is 10.3 Å². The summed E-state index contributed by atoms with van der Waals surface area (Å²) in [4.78, 5) is 35.8. The fourth-order valence-corrected chi connectivity index (χ4v) is 3.60. The van der Waals surface area contributed by atoms with Crippen molar-refractivity contribution in [2.75, 3.05) is 7.11 Å². The van der Waals surface area contributed by atoms with Gasteiger partial charge in [-0.05, 0) is 23.3 Å². The van der Waals surface area contributed by atoms with Gasteiger partial charge in [0.25, 0.3) is 17.2 Å². The molecule has 1 unspecified atom stereocenters. The highest BCUT2D eigenvalue weighted by molar-refractivity contribution is 6.03. The van der Waals surface area contributed by atoms with Crippen molar-refractivity contribution in [1.29, 1.82) is 0 Å². The highest BCUT2D eigenvalue weighted by Crippen LogP contribution is 2.33. The number of hydrogen-bond donors (Lipinski definition) is 0. The third kappa shape index (κ3) is 4.27. The maximum Gasteiger partial charge on any atom is 0.285 e. The van der Waals surface area contributed by atoms with Gasteiger partial charge in [-0.1, -0.05) is 42.5 Å². The molecule has 0 spiro atoms. The van der Waals surface area contributed by atoms with Crippen molar-refractivity contribution in [3.05, 3.63) is 105 Å². The molecule has 162 valence electrons. The van der Waals surface area contributed by atoms with Gasteiger partial charge in [-0.25, -0.2) is 5.01 Å². The van der Waals surface area contributed by atoms with E-state index < -0.39 is 16.4 Å². The first-order valence-electron chi connectivity index (χ1n) is 9.90. The molecule has 0 N–H and O–H groups in total. The molecule has 0 saturated heterocycles. The highest BCUT2D eigenvalue weighted by atomic mass is 16.6. The lowest BCUT2D eigenvalue weighted by Crippen LogP contribution is -2.33. The van der Waals surface area contributed by atoms with Crippen LogP contribution in [0.1, 0.15) is 23.6 Å². The lowest BCUT2D eigenvalue weighted by atomic mass is 9.98. The van der Waals surface area contributed by atoms with Crippen LogP contribution in [0.3, 0.4) is 0 Å². The molecule has 0 aliphatic carbocycles. The second kappa shape index (κ2) is 8.84. The third-order valence-corrected chi connectivity index (χ3v) is 5.26. The Balaban J connectivity index is 1.67. The molecule has 1 amide bonds. The van der Waals surface area contributed by atoms with Crippen LogP contribution in [-0.2, 0) is 11.3 Å². The van der Waals surface area contributed by atoms with E-state index in [-0.39, 0.29) is 18.3 Å². The lowest BCUT2D eigenvalue weighted by molar-refractivity contribution is -0.385. The smallest absolute Gasteiger partial charge is 0.285 e. The molecule has 0 bridgehead atoms. The minimum atomic E-state index is -0.609. The predicted octanol–water partition coefficient (Wildman–Crippen LogP) is 3.14. The molecule has 32 heavy (non-hydrogen) atoms. The minimum Gasteiger partial charge on any atom is -0.497 e. The number of aromatic nitrogens is 1. The van der Waals surface area contributed by atoms with E-state index >= 15 is 0 Å². The average Bonchev–Trinajstić information content (AvgIpc) is 3.27. The summed E-state index contributed by atoms with van der Waals surface area (Å²) in [6.45, 7) is -0.362. The van der Waals surface area contributed by atoms with Crippen molar-refractivity contribution in [3.8, 4) is 5.75 Å². The van der Waals surface area contributed by atoms with Gasteiger partial charge in [-0.15, -0.1) is 0 Å². The predicted molar refractivity (Wildman–Crippen MR) is 118 cm³/mol. The number of nitrogens with zero attached hydrogens (tertiary/aromatic N) is 4. The van der Waals surface area contributed by atoms with Crippen LogP contribution in [0, 0.1) is 10.1 Å². The number of pyridine rings is 1. The maximum absolute atomic E-state index is 13.2. The van der Waals surface area contributed by atoms with Crippen LogP contribution in [-0.4, -0.2) is 33.2 Å². The van der Waals surface area contributed by atoms with E-state index in [1.54, 1.807) is 7.11 Å². The molecule has 1 aliphatic heterocycles. The number of hydrazone groups is 1. The molecule has 9 heteroatoms. The first kappa shape index (κ1) is 21.0. The van der Waals surface area contributed by atoms with Gasteiger partial charge in [0.1, 0.15) is 12.3 Å². The number of methoxy groups -OCH3 is 1. The minimum absolute atomic E-state index is 0.265. The Morgan fingerprint density at radius 1 is 1.12 bits per heavy atom. The van der Waals surface area contributed by atoms with Crippen LogP contribution >= 0.6 is 0 Å². The second-order valence-electron chi connectivity index (χ2n) is 7.25. The van der Waals surface area contributed by atoms with Gasteiger partial charge in [0.2, 0.25) is 0 Å². The molecule has 1 aliphatic rings. The first-order chi connectivity index (χ1) is 15.5. The van der Waals surface area contributed by atoms with E-state index in [4.69, 9.17) is 4.74 Å². The van der Waals surface area contributed by atoms with Crippen molar-refractivity contribution in [3.63, 3.8) is 0 Å². The molecule has 9 nitrogen and oxygen atoms in total. The van der Waals surface area contributed by atoms with Crippen molar-refractivity contribution < 1.29 is 14.5 Å². The zero-order valence-corrected chi connectivity index (χ0v) is 17.2. The molecule has 4 rings (SSSR count). The lowest BCUT2D eigenvalue weighted by Gasteiger charge is -2.22. The van der Waals surface area contributed by atoms with Gasteiger partial charge >= 0.3 is 0 Å². The summed E-state index contributed by atoms with van der Waals surface area (Å²) in [6, 6.07) is 18.7. The second-order valence-corrected chi connectivity index (χ2v) is 7.25. The van der Waals surface area contributed by atoms with Crippen molar-refractivity contribution >= 4 is 17.3 Å². The zero-order chi connectivity index (χ0) is 22.7.